The number of piperidine rings is 1. The second-order valence-corrected chi connectivity index (χ2v) is 4.19. The molecule has 0 atom stereocenters. The second-order valence-electron chi connectivity index (χ2n) is 4.19. The van der Waals surface area contributed by atoms with Crippen LogP contribution in [0.5, 0.6) is 0 Å². The Morgan fingerprint density at radius 1 is 1.19 bits per heavy atom. The quantitative estimate of drug-likeness (QED) is 0.610. The highest BCUT2D eigenvalue weighted by Crippen LogP contribution is 2.13. The van der Waals surface area contributed by atoms with E-state index in [1.54, 1.807) is 4.90 Å². The van der Waals surface area contributed by atoms with Gasteiger partial charge < -0.3 is 10.2 Å². The third-order valence-electron chi connectivity index (χ3n) is 3.03. The zero-order chi connectivity index (χ0) is 11.5. The minimum absolute atomic E-state index is 0.160. The highest BCUT2D eigenvalue weighted by atomic mass is 16.2. The van der Waals surface area contributed by atoms with Crippen LogP contribution in [0.15, 0.2) is 12.3 Å². The topological polar surface area (TPSA) is 52.7 Å². The smallest absolute Gasteiger partial charge is 0.327 e. The van der Waals surface area contributed by atoms with Crippen LogP contribution in [0, 0.1) is 0 Å². The van der Waals surface area contributed by atoms with E-state index < -0.39 is 0 Å². The number of urea groups is 1. The first-order valence-corrected chi connectivity index (χ1v) is 5.73. The van der Waals surface area contributed by atoms with Gasteiger partial charge in [-0.15, -0.1) is 0 Å². The van der Waals surface area contributed by atoms with Crippen LogP contribution in [0.25, 0.3) is 0 Å². The Morgan fingerprint density at radius 3 is 2.56 bits per heavy atom. The van der Waals surface area contributed by atoms with Gasteiger partial charge in [0.15, 0.2) is 0 Å². The number of nitrogens with one attached hydrogen (secondary N) is 1. The molecule has 0 bridgehead atoms. The van der Waals surface area contributed by atoms with Crippen LogP contribution in [0.2, 0.25) is 0 Å². The molecule has 1 N–H and O–H groups in total. The van der Waals surface area contributed by atoms with Crippen molar-refractivity contribution in [2.24, 2.45) is 0 Å². The third-order valence-corrected chi connectivity index (χ3v) is 3.03. The van der Waals surface area contributed by atoms with Crippen LogP contribution < -0.4 is 5.32 Å². The van der Waals surface area contributed by atoms with Gasteiger partial charge in [-0.1, -0.05) is 6.58 Å². The van der Waals surface area contributed by atoms with E-state index in [9.17, 15) is 9.59 Å². The van der Waals surface area contributed by atoms with Gasteiger partial charge in [0.25, 0.3) is 5.91 Å². The van der Waals surface area contributed by atoms with Gasteiger partial charge in [0.1, 0.15) is 0 Å². The lowest BCUT2D eigenvalue weighted by atomic mass is 10.1. The Kier molecular flexibility index (Phi) is 3.12. The summed E-state index contributed by atoms with van der Waals surface area (Å²) in [7, 11) is 0. The molecule has 2 aliphatic rings. The molecule has 0 aromatic carbocycles. The maximum atomic E-state index is 12.1. The van der Waals surface area contributed by atoms with Gasteiger partial charge in [-0.3, -0.25) is 9.69 Å². The molecule has 0 radical (unpaired) electrons. The molecule has 2 fully saturated rings. The summed E-state index contributed by atoms with van der Waals surface area (Å²) in [6.45, 7) is 6.17. The molecule has 2 heterocycles. The Balaban J connectivity index is 2.02. The van der Waals surface area contributed by atoms with Crippen molar-refractivity contribution in [3.05, 3.63) is 12.3 Å². The van der Waals surface area contributed by atoms with Crippen LogP contribution in [-0.4, -0.2) is 47.9 Å². The van der Waals surface area contributed by atoms with Gasteiger partial charge in [-0.2, -0.15) is 0 Å². The number of amides is 3. The summed E-state index contributed by atoms with van der Waals surface area (Å²) < 4.78 is 0. The monoisotopic (exact) mass is 223 g/mol. The molecule has 3 amide bonds. The van der Waals surface area contributed by atoms with Crippen molar-refractivity contribution in [3.8, 4) is 0 Å². The highest BCUT2D eigenvalue weighted by molar-refractivity contribution is 6.03. The van der Waals surface area contributed by atoms with Crippen LogP contribution in [-0.2, 0) is 4.79 Å². The van der Waals surface area contributed by atoms with Crippen LogP contribution in [0.3, 0.4) is 0 Å². The maximum absolute atomic E-state index is 12.1. The lowest BCUT2D eigenvalue weighted by molar-refractivity contribution is -0.126. The van der Waals surface area contributed by atoms with Crippen molar-refractivity contribution < 1.29 is 9.59 Å². The number of carbonyl (C=O) groups excluding carboxylic acids is 2. The van der Waals surface area contributed by atoms with Gasteiger partial charge >= 0.3 is 6.03 Å². The Hall–Kier alpha value is -1.52. The van der Waals surface area contributed by atoms with E-state index in [0.717, 1.165) is 25.9 Å². The molecule has 2 saturated heterocycles. The first-order chi connectivity index (χ1) is 7.70. The first kappa shape index (κ1) is 11.0. The number of carbonyl (C=O) groups is 2. The molecule has 0 spiro atoms. The molecule has 0 unspecified atom stereocenters. The second kappa shape index (κ2) is 4.55. The van der Waals surface area contributed by atoms with Crippen molar-refractivity contribution >= 4 is 11.9 Å². The molecular weight excluding hydrogens is 206 g/mol. The Morgan fingerprint density at radius 2 is 1.88 bits per heavy atom. The summed E-state index contributed by atoms with van der Waals surface area (Å²) in [6, 6.07) is -0.160. The average molecular weight is 223 g/mol. The number of imide groups is 1. The fourth-order valence-electron chi connectivity index (χ4n) is 2.10. The molecule has 0 aromatic rings. The van der Waals surface area contributed by atoms with Gasteiger partial charge in [-0.05, 0) is 19.3 Å². The van der Waals surface area contributed by atoms with Crippen molar-refractivity contribution in [2.75, 3.05) is 26.2 Å². The molecule has 0 aliphatic carbocycles. The van der Waals surface area contributed by atoms with Gasteiger partial charge in [0.05, 0.1) is 5.70 Å². The predicted molar refractivity (Wildman–Crippen MR) is 59.7 cm³/mol. The summed E-state index contributed by atoms with van der Waals surface area (Å²) in [5.74, 6) is -0.290. The fourth-order valence-corrected chi connectivity index (χ4v) is 2.10. The van der Waals surface area contributed by atoms with E-state index in [-0.39, 0.29) is 11.9 Å². The molecule has 88 valence electrons. The SMILES string of the molecule is C=C1NCCN(C(=O)N2CCCCC2)C1=O. The zero-order valence-corrected chi connectivity index (χ0v) is 9.37. The largest absolute Gasteiger partial charge is 0.379 e. The third kappa shape index (κ3) is 2.03. The van der Waals surface area contributed by atoms with Crippen molar-refractivity contribution in [3.63, 3.8) is 0 Å². The summed E-state index contributed by atoms with van der Waals surface area (Å²) in [6.07, 6.45) is 3.24. The van der Waals surface area contributed by atoms with E-state index in [1.165, 1.54) is 11.3 Å². The Bertz CT molecular complexity index is 321. The van der Waals surface area contributed by atoms with E-state index >= 15 is 0 Å². The molecule has 0 saturated carbocycles. The number of piperazine rings is 1. The molecule has 2 rings (SSSR count). The van der Waals surface area contributed by atoms with Crippen LogP contribution in [0.4, 0.5) is 4.79 Å². The van der Waals surface area contributed by atoms with Gasteiger partial charge in [0, 0.05) is 26.2 Å². The lowest BCUT2D eigenvalue weighted by Crippen LogP contribution is -2.54. The maximum Gasteiger partial charge on any atom is 0.327 e. The molecule has 0 aromatic heterocycles. The standard InChI is InChI=1S/C11H17N3O2/c1-9-10(15)14(8-5-12-9)11(16)13-6-3-2-4-7-13/h12H,1-8H2. The Labute approximate surface area is 95.1 Å². The minimum Gasteiger partial charge on any atom is -0.379 e. The van der Waals surface area contributed by atoms with Crippen LogP contribution in [0.1, 0.15) is 19.3 Å². The number of hydrogen-bond acceptors (Lipinski definition) is 3. The predicted octanol–water partition coefficient (Wildman–Crippen LogP) is 0.538. The fraction of sp³-hybridized carbons (Fsp3) is 0.636. The summed E-state index contributed by atoms with van der Waals surface area (Å²) >= 11 is 0. The highest BCUT2D eigenvalue weighted by Gasteiger charge is 2.30. The van der Waals surface area contributed by atoms with E-state index in [4.69, 9.17) is 0 Å². The lowest BCUT2D eigenvalue weighted by Gasteiger charge is -2.34. The summed E-state index contributed by atoms with van der Waals surface area (Å²) in [5.41, 5.74) is 0.316. The molecule has 5 heteroatoms. The average Bonchev–Trinajstić information content (AvgIpc) is 2.33. The zero-order valence-electron chi connectivity index (χ0n) is 9.37. The van der Waals surface area contributed by atoms with Gasteiger partial charge in [0.2, 0.25) is 0 Å². The number of hydrogen-bond donors (Lipinski definition) is 1. The van der Waals surface area contributed by atoms with Crippen molar-refractivity contribution in [1.29, 1.82) is 0 Å². The van der Waals surface area contributed by atoms with Gasteiger partial charge in [-0.25, -0.2) is 4.79 Å². The number of likely N-dealkylation sites (tertiary alicyclic amines) is 1. The molecule has 16 heavy (non-hydrogen) atoms. The van der Waals surface area contributed by atoms with Crippen molar-refractivity contribution in [1.82, 2.24) is 15.1 Å². The minimum atomic E-state index is -0.290. The summed E-state index contributed by atoms with van der Waals surface area (Å²) in [4.78, 5) is 26.9. The number of nitrogens with zero attached hydrogens (tertiary/aromatic N) is 2. The van der Waals surface area contributed by atoms with Crippen molar-refractivity contribution in [2.45, 2.75) is 19.3 Å². The normalized spacial score (nSPS) is 22.0. The molecular formula is C11H17N3O2. The van der Waals surface area contributed by atoms with Crippen LogP contribution >= 0.6 is 0 Å². The van der Waals surface area contributed by atoms with E-state index in [0.29, 0.717) is 18.8 Å². The van der Waals surface area contributed by atoms with E-state index in [1.807, 2.05) is 0 Å². The molecule has 2 aliphatic heterocycles. The molecule has 5 nitrogen and oxygen atoms in total. The number of rotatable bonds is 0. The van der Waals surface area contributed by atoms with E-state index in [2.05, 4.69) is 11.9 Å². The first-order valence-electron chi connectivity index (χ1n) is 5.73. The summed E-state index contributed by atoms with van der Waals surface area (Å²) in [5, 5.41) is 2.86.